The molecule has 4 aromatic rings. The Kier molecular flexibility index (Phi) is 5.46. The number of pyridine rings is 1. The number of aromatic nitrogens is 6. The lowest BCUT2D eigenvalue weighted by atomic mass is 9.82. The van der Waals surface area contributed by atoms with E-state index in [-0.39, 0.29) is 17.2 Å². The first kappa shape index (κ1) is 22.3. The second-order valence-corrected chi connectivity index (χ2v) is 9.85. The zero-order chi connectivity index (χ0) is 24.0. The molecule has 8 heteroatoms. The Balaban J connectivity index is 1.54. The lowest BCUT2D eigenvalue weighted by molar-refractivity contribution is 0.396. The number of rotatable bonds is 4. The monoisotopic (exact) mass is 460 g/mol. The minimum absolute atomic E-state index is 0.0635. The summed E-state index contributed by atoms with van der Waals surface area (Å²) in [5.41, 5.74) is 4.03. The summed E-state index contributed by atoms with van der Waals surface area (Å²) in [7, 11) is 1.59. The van der Waals surface area contributed by atoms with Crippen LogP contribution in [-0.4, -0.2) is 36.4 Å². The molecule has 1 aliphatic rings. The molecule has 4 heterocycles. The van der Waals surface area contributed by atoms with Gasteiger partial charge in [0.15, 0.2) is 5.82 Å². The van der Waals surface area contributed by atoms with Crippen LogP contribution < -0.4 is 4.74 Å². The molecule has 5 rings (SSSR count). The molecule has 7 nitrogen and oxygen atoms in total. The van der Waals surface area contributed by atoms with Crippen LogP contribution >= 0.6 is 0 Å². The topological polar surface area (TPSA) is 70.7 Å². The number of ether oxygens (including phenoxy) is 1. The summed E-state index contributed by atoms with van der Waals surface area (Å²) in [6.07, 6.45) is 5.39. The highest BCUT2D eigenvalue weighted by atomic mass is 19.1. The van der Waals surface area contributed by atoms with E-state index in [0.717, 1.165) is 42.2 Å². The van der Waals surface area contributed by atoms with Gasteiger partial charge in [0.1, 0.15) is 23.0 Å². The number of hydrogen-bond acceptors (Lipinski definition) is 5. The molecule has 34 heavy (non-hydrogen) atoms. The maximum absolute atomic E-state index is 15.0. The summed E-state index contributed by atoms with van der Waals surface area (Å²) in [4.78, 5) is 13.8. The van der Waals surface area contributed by atoms with Crippen molar-refractivity contribution < 1.29 is 9.13 Å². The molecule has 0 radical (unpaired) electrons. The predicted molar refractivity (Wildman–Crippen MR) is 128 cm³/mol. The van der Waals surface area contributed by atoms with Gasteiger partial charge in [0.05, 0.1) is 19.1 Å². The van der Waals surface area contributed by atoms with Crippen LogP contribution in [0.15, 0.2) is 42.9 Å². The van der Waals surface area contributed by atoms with Gasteiger partial charge in [-0.25, -0.2) is 24.0 Å². The van der Waals surface area contributed by atoms with Crippen LogP contribution in [0.4, 0.5) is 4.39 Å². The molecule has 0 amide bonds. The lowest BCUT2D eigenvalue weighted by Gasteiger charge is -2.25. The molecule has 1 atom stereocenters. The van der Waals surface area contributed by atoms with Crippen LogP contribution in [0.3, 0.4) is 0 Å². The van der Waals surface area contributed by atoms with Crippen LogP contribution in [0.1, 0.15) is 62.2 Å². The Labute approximate surface area is 198 Å². The van der Waals surface area contributed by atoms with Gasteiger partial charge in [-0.3, -0.25) is 0 Å². The first-order valence-electron chi connectivity index (χ1n) is 11.6. The van der Waals surface area contributed by atoms with Crippen LogP contribution in [-0.2, 0) is 12.0 Å². The van der Waals surface area contributed by atoms with E-state index in [0.29, 0.717) is 23.0 Å². The van der Waals surface area contributed by atoms with Gasteiger partial charge in [-0.1, -0.05) is 32.9 Å². The number of fused-ring (bicyclic) bond motifs is 1. The fraction of sp³-hybridized carbons (Fsp3) is 0.385. The molecule has 0 saturated heterocycles. The lowest BCUT2D eigenvalue weighted by Crippen LogP contribution is -2.20. The predicted octanol–water partition coefficient (Wildman–Crippen LogP) is 5.21. The average Bonchev–Trinajstić information content (AvgIpc) is 3.44. The van der Waals surface area contributed by atoms with Gasteiger partial charge < -0.3 is 9.30 Å². The van der Waals surface area contributed by atoms with E-state index < -0.39 is 0 Å². The van der Waals surface area contributed by atoms with Crippen LogP contribution in [0, 0.1) is 12.7 Å². The number of halogens is 1. The van der Waals surface area contributed by atoms with Crippen molar-refractivity contribution in [2.45, 2.75) is 58.4 Å². The first-order valence-corrected chi connectivity index (χ1v) is 11.6. The molecular weight excluding hydrogens is 431 g/mol. The van der Waals surface area contributed by atoms with Gasteiger partial charge in [0, 0.05) is 18.7 Å². The Bertz CT molecular complexity index is 1350. The van der Waals surface area contributed by atoms with Crippen LogP contribution in [0.2, 0.25) is 0 Å². The summed E-state index contributed by atoms with van der Waals surface area (Å²) < 4.78 is 24.3. The van der Waals surface area contributed by atoms with Gasteiger partial charge >= 0.3 is 0 Å². The van der Waals surface area contributed by atoms with Gasteiger partial charge in [-0.05, 0) is 54.5 Å². The number of hydrogen-bond donors (Lipinski definition) is 0. The highest BCUT2D eigenvalue weighted by Gasteiger charge is 2.30. The largest absolute Gasteiger partial charge is 0.479 e. The molecule has 0 fully saturated rings. The van der Waals surface area contributed by atoms with Gasteiger partial charge in [0.2, 0.25) is 5.88 Å². The summed E-state index contributed by atoms with van der Waals surface area (Å²) in [5.74, 6) is 1.41. The fourth-order valence-electron chi connectivity index (χ4n) is 4.49. The van der Waals surface area contributed by atoms with E-state index in [1.54, 1.807) is 19.5 Å². The van der Waals surface area contributed by atoms with Gasteiger partial charge in [-0.2, -0.15) is 0 Å². The third kappa shape index (κ3) is 3.97. The minimum atomic E-state index is -0.198. The third-order valence-electron chi connectivity index (χ3n) is 6.36. The molecule has 3 aromatic heterocycles. The van der Waals surface area contributed by atoms with E-state index >= 15 is 0 Å². The standard InChI is InChI=1S/C26H29FN6O/c1-16-14-32(15-28-16)22-11-10-21(29-25(22)34-5)23-30-24-18(7-6-12-33(24)31-23)19-13-17(26(2,3)4)8-9-20(19)27/h8-11,13-15,18H,6-7,12H2,1-5H3/t18-/m0/s1. The molecule has 0 saturated carbocycles. The molecule has 0 spiro atoms. The van der Waals surface area contributed by atoms with E-state index in [1.807, 2.05) is 46.6 Å². The first-order chi connectivity index (χ1) is 16.2. The quantitative estimate of drug-likeness (QED) is 0.418. The molecule has 176 valence electrons. The molecule has 0 N–H and O–H groups in total. The van der Waals surface area contributed by atoms with Crippen LogP contribution in [0.5, 0.6) is 5.88 Å². The highest BCUT2D eigenvalue weighted by molar-refractivity contribution is 5.55. The Hall–Kier alpha value is -3.55. The molecular formula is C26H29FN6O. The summed E-state index contributed by atoms with van der Waals surface area (Å²) in [5, 5.41) is 4.73. The maximum Gasteiger partial charge on any atom is 0.238 e. The fourth-order valence-corrected chi connectivity index (χ4v) is 4.49. The Morgan fingerprint density at radius 1 is 1.12 bits per heavy atom. The van der Waals surface area contributed by atoms with E-state index in [2.05, 4.69) is 30.7 Å². The zero-order valence-electron chi connectivity index (χ0n) is 20.2. The van der Waals surface area contributed by atoms with Crippen LogP contribution in [0.25, 0.3) is 17.2 Å². The normalized spacial score (nSPS) is 15.9. The summed E-state index contributed by atoms with van der Waals surface area (Å²) >= 11 is 0. The van der Waals surface area contributed by atoms with Gasteiger partial charge in [0.25, 0.3) is 0 Å². The third-order valence-corrected chi connectivity index (χ3v) is 6.36. The summed E-state index contributed by atoms with van der Waals surface area (Å²) in [6, 6.07) is 9.25. The van der Waals surface area contributed by atoms with Crippen molar-refractivity contribution in [1.82, 2.24) is 29.3 Å². The molecule has 0 aliphatic carbocycles. The maximum atomic E-state index is 15.0. The number of benzene rings is 1. The number of nitrogens with zero attached hydrogens (tertiary/aromatic N) is 6. The SMILES string of the molecule is COc1nc(-c2nc3n(n2)CCC[C@H]3c2cc(C(C)(C)C)ccc2F)ccc1-n1cnc(C)c1. The zero-order valence-corrected chi connectivity index (χ0v) is 20.2. The number of methoxy groups -OCH3 is 1. The van der Waals surface area contributed by atoms with E-state index in [4.69, 9.17) is 14.8 Å². The van der Waals surface area contributed by atoms with E-state index in [9.17, 15) is 4.39 Å². The highest BCUT2D eigenvalue weighted by Crippen LogP contribution is 2.37. The number of aryl methyl sites for hydroxylation is 2. The Morgan fingerprint density at radius 3 is 2.65 bits per heavy atom. The van der Waals surface area contributed by atoms with Gasteiger partial charge in [-0.15, -0.1) is 5.10 Å². The molecule has 1 aromatic carbocycles. The van der Waals surface area contributed by atoms with Crippen molar-refractivity contribution >= 4 is 0 Å². The van der Waals surface area contributed by atoms with Crippen molar-refractivity contribution in [2.24, 2.45) is 0 Å². The molecule has 1 aliphatic heterocycles. The van der Waals surface area contributed by atoms with E-state index in [1.165, 1.54) is 0 Å². The van der Waals surface area contributed by atoms with Crippen molar-refractivity contribution in [1.29, 1.82) is 0 Å². The molecule has 0 bridgehead atoms. The Morgan fingerprint density at radius 2 is 1.94 bits per heavy atom. The summed E-state index contributed by atoms with van der Waals surface area (Å²) in [6.45, 7) is 9.10. The second-order valence-electron chi connectivity index (χ2n) is 9.85. The van der Waals surface area contributed by atoms with Crippen molar-refractivity contribution in [2.75, 3.05) is 7.11 Å². The van der Waals surface area contributed by atoms with Crippen molar-refractivity contribution in [3.8, 4) is 23.1 Å². The van der Waals surface area contributed by atoms with Crippen molar-refractivity contribution in [3.05, 3.63) is 71.3 Å². The second kappa shape index (κ2) is 8.34. The smallest absolute Gasteiger partial charge is 0.238 e. The molecule has 0 unspecified atom stereocenters. The number of imidazole rings is 1. The van der Waals surface area contributed by atoms with Crippen molar-refractivity contribution in [3.63, 3.8) is 0 Å². The minimum Gasteiger partial charge on any atom is -0.479 e. The average molecular weight is 461 g/mol.